The fourth-order valence-electron chi connectivity index (χ4n) is 3.92. The van der Waals surface area contributed by atoms with Crippen molar-refractivity contribution < 1.29 is 0 Å². The second-order valence-corrected chi connectivity index (χ2v) is 6.59. The highest BCUT2D eigenvalue weighted by atomic mass is 15.2. The molecule has 0 amide bonds. The van der Waals surface area contributed by atoms with Crippen molar-refractivity contribution >= 4 is 0 Å². The van der Waals surface area contributed by atoms with Gasteiger partial charge in [-0.3, -0.25) is 19.8 Å². The Morgan fingerprint density at radius 2 is 1.64 bits per heavy atom. The van der Waals surface area contributed by atoms with Crippen molar-refractivity contribution in [2.75, 3.05) is 26.2 Å². The smallest absolute Gasteiger partial charge is 0.0543 e. The molecular formula is C18H22N4. The topological polar surface area (TPSA) is 32.3 Å². The van der Waals surface area contributed by atoms with E-state index in [1.807, 2.05) is 30.7 Å². The molecule has 4 nitrogen and oxygen atoms in total. The Hall–Kier alpha value is -1.78. The van der Waals surface area contributed by atoms with Crippen LogP contribution < -0.4 is 0 Å². The van der Waals surface area contributed by atoms with Gasteiger partial charge in [0.2, 0.25) is 0 Å². The van der Waals surface area contributed by atoms with Crippen LogP contribution in [0.5, 0.6) is 0 Å². The van der Waals surface area contributed by atoms with Crippen LogP contribution in [-0.2, 0) is 13.1 Å². The zero-order chi connectivity index (χ0) is 14.8. The molecule has 2 aromatic heterocycles. The zero-order valence-electron chi connectivity index (χ0n) is 12.8. The van der Waals surface area contributed by atoms with E-state index in [-0.39, 0.29) is 0 Å². The number of rotatable bonds is 4. The fourth-order valence-corrected chi connectivity index (χ4v) is 3.92. The first kappa shape index (κ1) is 13.9. The molecule has 114 valence electrons. The third-order valence-electron chi connectivity index (χ3n) is 4.88. The highest BCUT2D eigenvalue weighted by molar-refractivity contribution is 5.09. The van der Waals surface area contributed by atoms with Gasteiger partial charge in [0.05, 0.1) is 5.69 Å². The molecule has 0 aromatic carbocycles. The standard InChI is InChI=1S/C18H22N4/c1-2-7-20-18(5-1)14-22-12-16-10-21(11-17(16)13-22)9-15-4-3-6-19-8-15/h1-8,16-17H,9-14H2/t16-,17-/m1/s1. The first-order valence-corrected chi connectivity index (χ1v) is 8.10. The van der Waals surface area contributed by atoms with Crippen molar-refractivity contribution in [1.82, 2.24) is 19.8 Å². The Morgan fingerprint density at radius 1 is 0.864 bits per heavy atom. The summed E-state index contributed by atoms with van der Waals surface area (Å²) in [7, 11) is 0. The third kappa shape index (κ3) is 3.03. The summed E-state index contributed by atoms with van der Waals surface area (Å²) >= 11 is 0. The van der Waals surface area contributed by atoms with E-state index in [0.717, 1.165) is 24.9 Å². The van der Waals surface area contributed by atoms with E-state index in [1.165, 1.54) is 37.4 Å². The van der Waals surface area contributed by atoms with E-state index in [1.54, 1.807) is 0 Å². The van der Waals surface area contributed by atoms with E-state index in [9.17, 15) is 0 Å². The lowest BCUT2D eigenvalue weighted by Crippen LogP contribution is -2.28. The monoisotopic (exact) mass is 294 g/mol. The molecule has 0 bridgehead atoms. The van der Waals surface area contributed by atoms with E-state index < -0.39 is 0 Å². The normalized spacial score (nSPS) is 25.5. The van der Waals surface area contributed by atoms with Gasteiger partial charge in [0.1, 0.15) is 0 Å². The number of likely N-dealkylation sites (tertiary alicyclic amines) is 2. The number of aromatic nitrogens is 2. The van der Waals surface area contributed by atoms with E-state index in [2.05, 4.69) is 38.0 Å². The van der Waals surface area contributed by atoms with Crippen LogP contribution in [-0.4, -0.2) is 45.9 Å². The third-order valence-corrected chi connectivity index (χ3v) is 4.88. The number of hydrogen-bond donors (Lipinski definition) is 0. The Morgan fingerprint density at radius 3 is 2.27 bits per heavy atom. The number of pyridine rings is 2. The molecular weight excluding hydrogens is 272 g/mol. The van der Waals surface area contributed by atoms with Gasteiger partial charge in [-0.15, -0.1) is 0 Å². The van der Waals surface area contributed by atoms with Crippen LogP contribution in [0, 0.1) is 11.8 Å². The van der Waals surface area contributed by atoms with Crippen LogP contribution in [0.4, 0.5) is 0 Å². The molecule has 2 saturated heterocycles. The molecule has 0 unspecified atom stereocenters. The van der Waals surface area contributed by atoms with Gasteiger partial charge in [0.15, 0.2) is 0 Å². The summed E-state index contributed by atoms with van der Waals surface area (Å²) in [5.74, 6) is 1.64. The minimum Gasteiger partial charge on any atom is -0.298 e. The summed E-state index contributed by atoms with van der Waals surface area (Å²) in [6.07, 6.45) is 5.72. The molecule has 2 aliphatic rings. The first-order chi connectivity index (χ1) is 10.9. The van der Waals surface area contributed by atoms with Crippen molar-refractivity contribution in [3.8, 4) is 0 Å². The first-order valence-electron chi connectivity index (χ1n) is 8.10. The van der Waals surface area contributed by atoms with Crippen molar-refractivity contribution in [2.45, 2.75) is 13.1 Å². The fraction of sp³-hybridized carbons (Fsp3) is 0.444. The summed E-state index contributed by atoms with van der Waals surface area (Å²) in [5.41, 5.74) is 2.52. The van der Waals surface area contributed by atoms with Gasteiger partial charge in [-0.1, -0.05) is 12.1 Å². The Balaban J connectivity index is 1.31. The molecule has 22 heavy (non-hydrogen) atoms. The van der Waals surface area contributed by atoms with Gasteiger partial charge in [0.25, 0.3) is 0 Å². The SMILES string of the molecule is c1ccc(CN2C[C@H]3CN(Cc4cccnc4)C[C@@H]3C2)nc1. The zero-order valence-corrected chi connectivity index (χ0v) is 12.8. The average molecular weight is 294 g/mol. The summed E-state index contributed by atoms with van der Waals surface area (Å²) in [5, 5.41) is 0. The van der Waals surface area contributed by atoms with Crippen LogP contribution in [0.3, 0.4) is 0 Å². The molecule has 0 spiro atoms. The summed E-state index contributed by atoms with van der Waals surface area (Å²) < 4.78 is 0. The maximum absolute atomic E-state index is 4.45. The quantitative estimate of drug-likeness (QED) is 0.864. The molecule has 4 rings (SSSR count). The van der Waals surface area contributed by atoms with Crippen LogP contribution in [0.15, 0.2) is 48.9 Å². The molecule has 4 heteroatoms. The van der Waals surface area contributed by atoms with Crippen molar-refractivity contribution in [3.63, 3.8) is 0 Å². The second-order valence-electron chi connectivity index (χ2n) is 6.59. The molecule has 2 aliphatic heterocycles. The Kier molecular flexibility index (Phi) is 3.87. The van der Waals surface area contributed by atoms with Gasteiger partial charge in [-0.2, -0.15) is 0 Å². The molecule has 2 aromatic rings. The molecule has 0 N–H and O–H groups in total. The number of nitrogens with zero attached hydrogens (tertiary/aromatic N) is 4. The Labute approximate surface area is 131 Å². The van der Waals surface area contributed by atoms with Crippen molar-refractivity contribution in [2.24, 2.45) is 11.8 Å². The maximum Gasteiger partial charge on any atom is 0.0543 e. The predicted molar refractivity (Wildman–Crippen MR) is 86.0 cm³/mol. The molecule has 2 fully saturated rings. The minimum absolute atomic E-state index is 0.820. The minimum atomic E-state index is 0.820. The van der Waals surface area contributed by atoms with Crippen LogP contribution >= 0.6 is 0 Å². The van der Waals surface area contributed by atoms with Crippen LogP contribution in [0.1, 0.15) is 11.3 Å². The maximum atomic E-state index is 4.45. The highest BCUT2D eigenvalue weighted by Gasteiger charge is 2.39. The molecule has 0 saturated carbocycles. The van der Waals surface area contributed by atoms with E-state index in [0.29, 0.717) is 0 Å². The average Bonchev–Trinajstić information content (AvgIpc) is 3.07. The molecule has 2 atom stereocenters. The van der Waals surface area contributed by atoms with Gasteiger partial charge in [-0.25, -0.2) is 0 Å². The summed E-state index contributed by atoms with van der Waals surface area (Å²) in [6, 6.07) is 10.4. The van der Waals surface area contributed by atoms with Gasteiger partial charge < -0.3 is 0 Å². The number of hydrogen-bond acceptors (Lipinski definition) is 4. The van der Waals surface area contributed by atoms with Gasteiger partial charge in [0, 0.05) is 57.9 Å². The van der Waals surface area contributed by atoms with E-state index in [4.69, 9.17) is 0 Å². The highest BCUT2D eigenvalue weighted by Crippen LogP contribution is 2.32. The van der Waals surface area contributed by atoms with E-state index >= 15 is 0 Å². The Bertz CT molecular complexity index is 533. The number of fused-ring (bicyclic) bond motifs is 1. The lowest BCUT2D eigenvalue weighted by molar-refractivity contribution is 0.244. The lowest BCUT2D eigenvalue weighted by atomic mass is 10.0. The largest absolute Gasteiger partial charge is 0.298 e. The summed E-state index contributed by atoms with van der Waals surface area (Å²) in [4.78, 5) is 13.8. The summed E-state index contributed by atoms with van der Waals surface area (Å²) in [6.45, 7) is 6.91. The second kappa shape index (κ2) is 6.15. The predicted octanol–water partition coefficient (Wildman–Crippen LogP) is 2.04. The van der Waals surface area contributed by atoms with Gasteiger partial charge >= 0.3 is 0 Å². The van der Waals surface area contributed by atoms with Crippen LogP contribution in [0.2, 0.25) is 0 Å². The van der Waals surface area contributed by atoms with Crippen molar-refractivity contribution in [3.05, 3.63) is 60.2 Å². The molecule has 0 aliphatic carbocycles. The molecule has 0 radical (unpaired) electrons. The van der Waals surface area contributed by atoms with Crippen molar-refractivity contribution in [1.29, 1.82) is 0 Å². The molecule has 4 heterocycles. The lowest BCUT2D eigenvalue weighted by Gasteiger charge is -2.21. The van der Waals surface area contributed by atoms with Crippen LogP contribution in [0.25, 0.3) is 0 Å². The van der Waals surface area contributed by atoms with Gasteiger partial charge in [-0.05, 0) is 35.6 Å².